The first-order valence-corrected chi connectivity index (χ1v) is 10.5. The van der Waals surface area contributed by atoms with E-state index in [1.54, 1.807) is 21.1 Å². The number of nitrogens with zero attached hydrogens (tertiary/aromatic N) is 2. The van der Waals surface area contributed by atoms with E-state index in [4.69, 9.17) is 9.47 Å². The second-order valence-corrected chi connectivity index (χ2v) is 7.85. The molecule has 1 aliphatic rings. The lowest BCUT2D eigenvalue weighted by molar-refractivity contribution is -0.130. The van der Waals surface area contributed by atoms with Crippen molar-refractivity contribution in [3.63, 3.8) is 0 Å². The largest absolute Gasteiger partial charge is 0.497 e. The minimum atomic E-state index is -0.180. The van der Waals surface area contributed by atoms with Crippen LogP contribution in [-0.2, 0) is 11.3 Å². The SMILES string of the molecule is COc1ccc(CN(C(=O)Nc2cc(C)ccc2OC)C2CCN(C(C)=O)CC2)cc1. The zero-order chi connectivity index (χ0) is 22.4. The van der Waals surface area contributed by atoms with Crippen LogP contribution in [0.25, 0.3) is 0 Å². The topological polar surface area (TPSA) is 71.1 Å². The van der Waals surface area contributed by atoms with Crippen molar-refractivity contribution in [1.29, 1.82) is 0 Å². The number of methoxy groups -OCH3 is 2. The number of rotatable bonds is 6. The van der Waals surface area contributed by atoms with Crippen LogP contribution < -0.4 is 14.8 Å². The number of carbonyl (C=O) groups is 2. The van der Waals surface area contributed by atoms with E-state index in [1.807, 2.05) is 59.2 Å². The highest BCUT2D eigenvalue weighted by Crippen LogP contribution is 2.27. The summed E-state index contributed by atoms with van der Waals surface area (Å²) in [5.74, 6) is 1.47. The molecular weight excluding hydrogens is 394 g/mol. The van der Waals surface area contributed by atoms with Crippen LogP contribution in [0.1, 0.15) is 30.9 Å². The molecule has 0 radical (unpaired) electrons. The Hall–Kier alpha value is -3.22. The van der Waals surface area contributed by atoms with Crippen LogP contribution in [0.4, 0.5) is 10.5 Å². The lowest BCUT2D eigenvalue weighted by atomic mass is 10.0. The van der Waals surface area contributed by atoms with Gasteiger partial charge in [0.25, 0.3) is 0 Å². The molecule has 1 fully saturated rings. The van der Waals surface area contributed by atoms with E-state index in [-0.39, 0.29) is 18.0 Å². The predicted molar refractivity (Wildman–Crippen MR) is 121 cm³/mol. The number of aryl methyl sites for hydroxylation is 1. The molecule has 0 atom stereocenters. The molecule has 31 heavy (non-hydrogen) atoms. The molecule has 1 aliphatic heterocycles. The summed E-state index contributed by atoms with van der Waals surface area (Å²) < 4.78 is 10.7. The number of carbonyl (C=O) groups excluding carboxylic acids is 2. The summed E-state index contributed by atoms with van der Waals surface area (Å²) in [6.45, 7) is 5.34. The van der Waals surface area contributed by atoms with Gasteiger partial charge >= 0.3 is 6.03 Å². The van der Waals surface area contributed by atoms with E-state index < -0.39 is 0 Å². The Labute approximate surface area is 183 Å². The zero-order valence-electron chi connectivity index (χ0n) is 18.7. The number of likely N-dealkylation sites (tertiary alicyclic amines) is 1. The van der Waals surface area contributed by atoms with E-state index in [0.29, 0.717) is 31.1 Å². The van der Waals surface area contributed by atoms with Crippen molar-refractivity contribution in [3.05, 3.63) is 53.6 Å². The smallest absolute Gasteiger partial charge is 0.322 e. The Bertz CT molecular complexity index is 906. The van der Waals surface area contributed by atoms with Crippen molar-refractivity contribution in [2.24, 2.45) is 0 Å². The van der Waals surface area contributed by atoms with Gasteiger partial charge < -0.3 is 24.6 Å². The Kier molecular flexibility index (Phi) is 7.39. The van der Waals surface area contributed by atoms with Crippen molar-refractivity contribution in [3.8, 4) is 11.5 Å². The van der Waals surface area contributed by atoms with E-state index in [9.17, 15) is 9.59 Å². The Morgan fingerprint density at radius 1 is 1.06 bits per heavy atom. The Morgan fingerprint density at radius 3 is 2.32 bits per heavy atom. The maximum Gasteiger partial charge on any atom is 0.322 e. The van der Waals surface area contributed by atoms with Gasteiger partial charge in [-0.1, -0.05) is 18.2 Å². The quantitative estimate of drug-likeness (QED) is 0.758. The molecule has 7 nitrogen and oxygen atoms in total. The number of hydrogen-bond donors (Lipinski definition) is 1. The zero-order valence-corrected chi connectivity index (χ0v) is 18.7. The number of ether oxygens (including phenoxy) is 2. The molecule has 0 unspecified atom stereocenters. The van der Waals surface area contributed by atoms with Crippen LogP contribution in [0.5, 0.6) is 11.5 Å². The summed E-state index contributed by atoms with van der Waals surface area (Å²) in [6, 6.07) is 13.3. The molecule has 2 aromatic carbocycles. The monoisotopic (exact) mass is 425 g/mol. The van der Waals surface area contributed by atoms with E-state index in [0.717, 1.165) is 29.7 Å². The van der Waals surface area contributed by atoms with E-state index in [1.165, 1.54) is 0 Å². The van der Waals surface area contributed by atoms with Crippen molar-refractivity contribution in [1.82, 2.24) is 9.80 Å². The minimum Gasteiger partial charge on any atom is -0.497 e. The number of piperidine rings is 1. The summed E-state index contributed by atoms with van der Waals surface area (Å²) in [5, 5.41) is 3.03. The summed E-state index contributed by atoms with van der Waals surface area (Å²) in [4.78, 5) is 28.8. The number of hydrogen-bond acceptors (Lipinski definition) is 4. The summed E-state index contributed by atoms with van der Waals surface area (Å²) in [7, 11) is 3.22. The third-order valence-corrected chi connectivity index (χ3v) is 5.72. The van der Waals surface area contributed by atoms with Crippen LogP contribution in [-0.4, -0.2) is 55.1 Å². The second-order valence-electron chi connectivity index (χ2n) is 7.85. The highest BCUT2D eigenvalue weighted by molar-refractivity contribution is 5.91. The van der Waals surface area contributed by atoms with Crippen LogP contribution in [0.2, 0.25) is 0 Å². The maximum absolute atomic E-state index is 13.4. The molecule has 166 valence electrons. The number of anilines is 1. The first-order chi connectivity index (χ1) is 14.9. The Balaban J connectivity index is 1.81. The molecule has 0 bridgehead atoms. The van der Waals surface area contributed by atoms with Crippen molar-refractivity contribution < 1.29 is 19.1 Å². The van der Waals surface area contributed by atoms with Gasteiger partial charge in [-0.05, 0) is 55.2 Å². The molecule has 7 heteroatoms. The molecule has 2 aromatic rings. The molecule has 0 spiro atoms. The van der Waals surface area contributed by atoms with Gasteiger partial charge in [0.15, 0.2) is 0 Å². The van der Waals surface area contributed by atoms with Gasteiger partial charge in [0.05, 0.1) is 19.9 Å². The molecule has 1 saturated heterocycles. The lowest BCUT2D eigenvalue weighted by Gasteiger charge is -2.38. The highest BCUT2D eigenvalue weighted by atomic mass is 16.5. The summed E-state index contributed by atoms with van der Waals surface area (Å²) in [6.07, 6.45) is 1.49. The van der Waals surface area contributed by atoms with Gasteiger partial charge in [-0.25, -0.2) is 4.79 Å². The molecule has 0 saturated carbocycles. The van der Waals surface area contributed by atoms with E-state index >= 15 is 0 Å². The summed E-state index contributed by atoms with van der Waals surface area (Å²) in [5.41, 5.74) is 2.70. The van der Waals surface area contributed by atoms with Gasteiger partial charge in [-0.3, -0.25) is 4.79 Å². The van der Waals surface area contributed by atoms with Gasteiger partial charge in [0, 0.05) is 32.6 Å². The number of nitrogens with one attached hydrogen (secondary N) is 1. The fourth-order valence-electron chi connectivity index (χ4n) is 3.89. The van der Waals surface area contributed by atoms with Crippen LogP contribution in [0.15, 0.2) is 42.5 Å². The third-order valence-electron chi connectivity index (χ3n) is 5.72. The van der Waals surface area contributed by atoms with Crippen molar-refractivity contribution in [2.45, 2.75) is 39.3 Å². The molecule has 0 aromatic heterocycles. The van der Waals surface area contributed by atoms with Crippen LogP contribution in [0, 0.1) is 6.92 Å². The minimum absolute atomic E-state index is 0.0357. The van der Waals surface area contributed by atoms with E-state index in [2.05, 4.69) is 5.32 Å². The van der Waals surface area contributed by atoms with Crippen LogP contribution >= 0.6 is 0 Å². The third kappa shape index (κ3) is 5.69. The number of benzene rings is 2. The lowest BCUT2D eigenvalue weighted by Crippen LogP contribution is -2.49. The summed E-state index contributed by atoms with van der Waals surface area (Å²) >= 11 is 0. The molecule has 3 rings (SSSR count). The van der Waals surface area contributed by atoms with Crippen molar-refractivity contribution >= 4 is 17.6 Å². The van der Waals surface area contributed by atoms with Crippen molar-refractivity contribution in [2.75, 3.05) is 32.6 Å². The van der Waals surface area contributed by atoms with Gasteiger partial charge in [-0.2, -0.15) is 0 Å². The second kappa shape index (κ2) is 10.2. The number of amides is 3. The fraction of sp³-hybridized carbons (Fsp3) is 0.417. The fourth-order valence-corrected chi connectivity index (χ4v) is 3.89. The van der Waals surface area contributed by atoms with Gasteiger partial charge in [0.1, 0.15) is 11.5 Å². The number of urea groups is 1. The van der Waals surface area contributed by atoms with Gasteiger partial charge in [0.2, 0.25) is 5.91 Å². The standard InChI is InChI=1S/C24H31N3O4/c1-17-5-10-23(31-4)22(15-17)25-24(29)27(16-19-6-8-21(30-3)9-7-19)20-11-13-26(14-12-20)18(2)28/h5-10,15,20H,11-14,16H2,1-4H3,(H,25,29). The first kappa shape index (κ1) is 22.5. The predicted octanol–water partition coefficient (Wildman–Crippen LogP) is 4.06. The average Bonchev–Trinajstić information content (AvgIpc) is 2.78. The molecule has 0 aliphatic carbocycles. The maximum atomic E-state index is 13.4. The van der Waals surface area contributed by atoms with Gasteiger partial charge in [-0.15, -0.1) is 0 Å². The molecule has 3 amide bonds. The molecule has 1 heterocycles. The average molecular weight is 426 g/mol. The highest BCUT2D eigenvalue weighted by Gasteiger charge is 2.29. The first-order valence-electron chi connectivity index (χ1n) is 10.5. The molecule has 1 N–H and O–H groups in total. The van der Waals surface area contributed by atoms with Crippen LogP contribution in [0.3, 0.4) is 0 Å². The molecular formula is C24H31N3O4. The Morgan fingerprint density at radius 2 is 1.74 bits per heavy atom. The normalized spacial score (nSPS) is 14.1.